The predicted molar refractivity (Wildman–Crippen MR) is 55.3 cm³/mol. The Morgan fingerprint density at radius 3 is 2.77 bits per heavy atom. The Kier molecular flexibility index (Phi) is 6.24. The number of nitrogens with two attached hydrogens (primary N) is 1. The van der Waals surface area contributed by atoms with Crippen LogP contribution in [0.25, 0.3) is 0 Å². The van der Waals surface area contributed by atoms with Crippen molar-refractivity contribution in [2.24, 2.45) is 11.7 Å². The van der Waals surface area contributed by atoms with Gasteiger partial charge in [0.05, 0.1) is 0 Å². The lowest BCUT2D eigenvalue weighted by atomic mass is 10.1. The molecule has 3 heteroatoms. The Bertz CT molecular complexity index is 168. The lowest BCUT2D eigenvalue weighted by molar-refractivity contribution is -0.129. The quantitative estimate of drug-likeness (QED) is 0.626. The van der Waals surface area contributed by atoms with E-state index in [9.17, 15) is 4.79 Å². The van der Waals surface area contributed by atoms with Crippen LogP contribution in [0.3, 0.4) is 0 Å². The van der Waals surface area contributed by atoms with Gasteiger partial charge in [0.15, 0.2) is 0 Å². The molecule has 0 bridgehead atoms. The van der Waals surface area contributed by atoms with Gasteiger partial charge in [0.2, 0.25) is 5.91 Å². The number of likely N-dealkylation sites (N-methyl/N-ethyl adjacent to an activating group) is 1. The van der Waals surface area contributed by atoms with Gasteiger partial charge in [-0.2, -0.15) is 0 Å². The van der Waals surface area contributed by atoms with E-state index in [2.05, 4.69) is 13.5 Å². The molecule has 1 unspecified atom stereocenters. The van der Waals surface area contributed by atoms with E-state index < -0.39 is 0 Å². The largest absolute Gasteiger partial charge is 0.342 e. The van der Waals surface area contributed by atoms with Crippen LogP contribution in [0.15, 0.2) is 12.7 Å². The number of hydrogen-bond donors (Lipinski definition) is 1. The summed E-state index contributed by atoms with van der Waals surface area (Å²) in [5, 5.41) is 0. The first-order chi connectivity index (χ1) is 6.11. The molecule has 0 saturated heterocycles. The van der Waals surface area contributed by atoms with Crippen LogP contribution in [-0.2, 0) is 4.79 Å². The van der Waals surface area contributed by atoms with Crippen LogP contribution in [0.5, 0.6) is 0 Å². The topological polar surface area (TPSA) is 46.3 Å². The monoisotopic (exact) mass is 184 g/mol. The second kappa shape index (κ2) is 6.66. The Labute approximate surface area is 80.6 Å². The Morgan fingerprint density at radius 2 is 2.31 bits per heavy atom. The van der Waals surface area contributed by atoms with Gasteiger partial charge in [-0.1, -0.05) is 13.0 Å². The lowest BCUT2D eigenvalue weighted by Crippen LogP contribution is -2.27. The molecule has 0 aliphatic carbocycles. The molecule has 1 amide bonds. The molecule has 3 nitrogen and oxygen atoms in total. The zero-order valence-corrected chi connectivity index (χ0v) is 8.62. The van der Waals surface area contributed by atoms with Crippen molar-refractivity contribution in [2.75, 3.05) is 20.1 Å². The zero-order chi connectivity index (χ0) is 10.3. The maximum Gasteiger partial charge on any atom is 0.222 e. The summed E-state index contributed by atoms with van der Waals surface area (Å²) in [6.45, 7) is 6.91. The number of amides is 1. The van der Waals surface area contributed by atoms with Gasteiger partial charge in [-0.05, 0) is 18.9 Å². The zero-order valence-electron chi connectivity index (χ0n) is 8.62. The summed E-state index contributed by atoms with van der Waals surface area (Å²) in [4.78, 5) is 13.1. The molecule has 0 aromatic carbocycles. The highest BCUT2D eigenvalue weighted by Gasteiger charge is 2.08. The SMILES string of the molecule is C=CCN(C)C(=O)CCC(C)CN. The second-order valence-electron chi connectivity index (χ2n) is 3.44. The molecule has 0 saturated carbocycles. The summed E-state index contributed by atoms with van der Waals surface area (Å²) in [5.41, 5.74) is 5.45. The van der Waals surface area contributed by atoms with Crippen molar-refractivity contribution in [2.45, 2.75) is 19.8 Å². The third kappa shape index (κ3) is 5.42. The van der Waals surface area contributed by atoms with Crippen molar-refractivity contribution >= 4 is 5.91 Å². The summed E-state index contributed by atoms with van der Waals surface area (Å²) >= 11 is 0. The molecular formula is C10H20N2O. The first kappa shape index (κ1) is 12.2. The van der Waals surface area contributed by atoms with Crippen LogP contribution >= 0.6 is 0 Å². The molecule has 76 valence electrons. The molecule has 0 aromatic heterocycles. The van der Waals surface area contributed by atoms with Gasteiger partial charge in [-0.15, -0.1) is 6.58 Å². The van der Waals surface area contributed by atoms with E-state index >= 15 is 0 Å². The predicted octanol–water partition coefficient (Wildman–Crippen LogP) is 1.01. The summed E-state index contributed by atoms with van der Waals surface area (Å²) in [6.07, 6.45) is 3.18. The Balaban J connectivity index is 3.67. The van der Waals surface area contributed by atoms with Gasteiger partial charge in [-0.3, -0.25) is 4.79 Å². The van der Waals surface area contributed by atoms with Crippen LogP contribution < -0.4 is 5.73 Å². The van der Waals surface area contributed by atoms with Crippen LogP contribution in [0.1, 0.15) is 19.8 Å². The summed E-state index contributed by atoms with van der Waals surface area (Å²) in [6, 6.07) is 0. The fraction of sp³-hybridized carbons (Fsp3) is 0.700. The third-order valence-electron chi connectivity index (χ3n) is 2.08. The molecule has 0 rings (SSSR count). The van der Waals surface area contributed by atoms with Crippen molar-refractivity contribution in [1.29, 1.82) is 0 Å². The fourth-order valence-electron chi connectivity index (χ4n) is 0.974. The molecule has 0 aliphatic heterocycles. The second-order valence-corrected chi connectivity index (χ2v) is 3.44. The Hall–Kier alpha value is -0.830. The minimum absolute atomic E-state index is 0.167. The first-order valence-corrected chi connectivity index (χ1v) is 4.66. The van der Waals surface area contributed by atoms with Crippen molar-refractivity contribution in [3.63, 3.8) is 0 Å². The molecule has 0 aromatic rings. The molecular weight excluding hydrogens is 164 g/mol. The van der Waals surface area contributed by atoms with Crippen LogP contribution in [0.2, 0.25) is 0 Å². The van der Waals surface area contributed by atoms with E-state index in [1.807, 2.05) is 0 Å². The smallest absolute Gasteiger partial charge is 0.222 e. The molecule has 0 heterocycles. The normalized spacial score (nSPS) is 12.2. The van der Waals surface area contributed by atoms with Crippen LogP contribution in [0, 0.1) is 5.92 Å². The molecule has 0 aliphatic rings. The number of nitrogens with zero attached hydrogens (tertiary/aromatic N) is 1. The van der Waals surface area contributed by atoms with Gasteiger partial charge in [0.1, 0.15) is 0 Å². The van der Waals surface area contributed by atoms with Crippen LogP contribution in [-0.4, -0.2) is 30.9 Å². The number of hydrogen-bond acceptors (Lipinski definition) is 2. The standard InChI is InChI=1S/C10H20N2O/c1-4-7-12(3)10(13)6-5-9(2)8-11/h4,9H,1,5-8,11H2,2-3H3. The van der Waals surface area contributed by atoms with Crippen molar-refractivity contribution in [1.82, 2.24) is 4.90 Å². The van der Waals surface area contributed by atoms with Crippen molar-refractivity contribution in [3.8, 4) is 0 Å². The molecule has 0 spiro atoms. The average Bonchev–Trinajstić information content (AvgIpc) is 2.13. The maximum absolute atomic E-state index is 11.4. The van der Waals surface area contributed by atoms with Crippen molar-refractivity contribution < 1.29 is 4.79 Å². The lowest BCUT2D eigenvalue weighted by Gasteiger charge is -2.15. The highest BCUT2D eigenvalue weighted by atomic mass is 16.2. The third-order valence-corrected chi connectivity index (χ3v) is 2.08. The van der Waals surface area contributed by atoms with Gasteiger partial charge in [0, 0.05) is 20.0 Å². The fourth-order valence-corrected chi connectivity index (χ4v) is 0.974. The van der Waals surface area contributed by atoms with Gasteiger partial charge >= 0.3 is 0 Å². The molecule has 0 radical (unpaired) electrons. The van der Waals surface area contributed by atoms with E-state index in [1.54, 1.807) is 18.0 Å². The highest BCUT2D eigenvalue weighted by Crippen LogP contribution is 2.04. The first-order valence-electron chi connectivity index (χ1n) is 4.66. The molecule has 1 atom stereocenters. The summed E-state index contributed by atoms with van der Waals surface area (Å²) in [7, 11) is 1.79. The van der Waals surface area contributed by atoms with E-state index in [0.717, 1.165) is 6.42 Å². The minimum atomic E-state index is 0.167. The summed E-state index contributed by atoms with van der Waals surface area (Å²) in [5.74, 6) is 0.598. The number of carbonyl (C=O) groups excluding carboxylic acids is 1. The molecule has 0 fully saturated rings. The minimum Gasteiger partial charge on any atom is -0.342 e. The molecule has 13 heavy (non-hydrogen) atoms. The summed E-state index contributed by atoms with van der Waals surface area (Å²) < 4.78 is 0. The van der Waals surface area contributed by atoms with Gasteiger partial charge in [-0.25, -0.2) is 0 Å². The Morgan fingerprint density at radius 1 is 1.69 bits per heavy atom. The average molecular weight is 184 g/mol. The van der Waals surface area contributed by atoms with E-state index in [4.69, 9.17) is 5.73 Å². The van der Waals surface area contributed by atoms with Crippen LogP contribution in [0.4, 0.5) is 0 Å². The maximum atomic E-state index is 11.4. The van der Waals surface area contributed by atoms with E-state index in [0.29, 0.717) is 25.4 Å². The van der Waals surface area contributed by atoms with E-state index in [-0.39, 0.29) is 5.91 Å². The van der Waals surface area contributed by atoms with Gasteiger partial charge < -0.3 is 10.6 Å². The molecule has 2 N–H and O–H groups in total. The van der Waals surface area contributed by atoms with Crippen molar-refractivity contribution in [3.05, 3.63) is 12.7 Å². The van der Waals surface area contributed by atoms with E-state index in [1.165, 1.54) is 0 Å². The highest BCUT2D eigenvalue weighted by molar-refractivity contribution is 5.75. The number of rotatable bonds is 6. The van der Waals surface area contributed by atoms with Gasteiger partial charge in [0.25, 0.3) is 0 Å². The number of carbonyl (C=O) groups is 1.